The number of nitrogens with zero attached hydrogens (tertiary/aromatic N) is 6. The van der Waals surface area contributed by atoms with Crippen molar-refractivity contribution in [1.29, 1.82) is 0 Å². The summed E-state index contributed by atoms with van der Waals surface area (Å²) in [6.45, 7) is 2.42. The molecule has 0 bridgehead atoms. The predicted octanol–water partition coefficient (Wildman–Crippen LogP) is 6.60. The van der Waals surface area contributed by atoms with Gasteiger partial charge in [0.1, 0.15) is 45.8 Å². The molecule has 0 unspecified atom stereocenters. The number of likely N-dealkylation sites (tertiary alicyclic amines) is 2. The van der Waals surface area contributed by atoms with Gasteiger partial charge in [-0.2, -0.15) is 0 Å². The molecular weight excluding hydrogens is 748 g/mol. The lowest BCUT2D eigenvalue weighted by Gasteiger charge is -2.20. The molecular formula is C42H43ClN8O6. The van der Waals surface area contributed by atoms with Crippen LogP contribution in [-0.4, -0.2) is 108 Å². The number of methoxy groups -OCH3 is 4. The van der Waals surface area contributed by atoms with Crippen molar-refractivity contribution < 1.29 is 28.5 Å². The molecule has 0 saturated carbocycles. The van der Waals surface area contributed by atoms with E-state index in [0.717, 1.165) is 34.9 Å². The topological polar surface area (TPSA) is 153 Å². The standard InChI is InChI=1S/C21H21ClN4O3.C21H22N4O3/c1-28-17-4-3-5-18(29-2)20(17)21(27)26-9-8-14(12-26)24-19-11-23-16-10-13(22)6-7-15(16)25-19;1-27-17-8-5-9-18(28-2)20(17)21(26)25-11-10-14(13-25)23-19-12-22-15-6-3-4-7-16(15)24-19/h3-7,10-11,14H,8-9,12H2,1-2H3,(H,24,25);3-9,12,14H,10-11,13H2,1-2H3,(H,23,24)/t2*14-/m11/s1. The third kappa shape index (κ3) is 8.70. The van der Waals surface area contributed by atoms with Crippen LogP contribution >= 0.6 is 11.6 Å². The van der Waals surface area contributed by atoms with Crippen molar-refractivity contribution in [2.45, 2.75) is 24.9 Å². The van der Waals surface area contributed by atoms with Gasteiger partial charge in [0, 0.05) is 43.3 Å². The lowest BCUT2D eigenvalue weighted by molar-refractivity contribution is 0.0776. The van der Waals surface area contributed by atoms with Crippen LogP contribution in [0, 0.1) is 0 Å². The van der Waals surface area contributed by atoms with E-state index in [-0.39, 0.29) is 23.9 Å². The Labute approximate surface area is 335 Å². The number of para-hydroxylation sites is 2. The van der Waals surface area contributed by atoms with Crippen LogP contribution in [0.5, 0.6) is 23.0 Å². The summed E-state index contributed by atoms with van der Waals surface area (Å²) in [5.74, 6) is 3.23. The van der Waals surface area contributed by atoms with Gasteiger partial charge >= 0.3 is 0 Å². The van der Waals surface area contributed by atoms with E-state index in [9.17, 15) is 9.59 Å². The normalized spacial score (nSPS) is 16.2. The van der Waals surface area contributed by atoms with E-state index < -0.39 is 0 Å². The molecule has 2 amide bonds. The smallest absolute Gasteiger partial charge is 0.261 e. The summed E-state index contributed by atoms with van der Waals surface area (Å²) in [4.78, 5) is 47.8. The van der Waals surface area contributed by atoms with Crippen molar-refractivity contribution in [2.75, 3.05) is 65.3 Å². The highest BCUT2D eigenvalue weighted by atomic mass is 35.5. The molecule has 4 heterocycles. The summed E-state index contributed by atoms with van der Waals surface area (Å²) in [5.41, 5.74) is 4.12. The zero-order valence-corrected chi connectivity index (χ0v) is 32.8. The van der Waals surface area contributed by atoms with E-state index in [2.05, 4.69) is 30.6 Å². The molecule has 2 N–H and O–H groups in total. The molecule has 14 nitrogen and oxygen atoms in total. The second-order valence-electron chi connectivity index (χ2n) is 13.5. The number of nitrogens with one attached hydrogen (secondary N) is 2. The lowest BCUT2D eigenvalue weighted by Crippen LogP contribution is -2.32. The van der Waals surface area contributed by atoms with Gasteiger partial charge in [0.05, 0.1) is 62.9 Å². The third-order valence-electron chi connectivity index (χ3n) is 9.89. The van der Waals surface area contributed by atoms with Gasteiger partial charge in [-0.25, -0.2) is 9.97 Å². The molecule has 0 spiro atoms. The van der Waals surface area contributed by atoms with Crippen LogP contribution in [0.15, 0.2) is 91.3 Å². The van der Waals surface area contributed by atoms with Crippen molar-refractivity contribution in [2.24, 2.45) is 0 Å². The molecule has 2 aliphatic rings. The van der Waals surface area contributed by atoms with Crippen molar-refractivity contribution in [3.8, 4) is 23.0 Å². The summed E-state index contributed by atoms with van der Waals surface area (Å²) in [7, 11) is 6.20. The second kappa shape index (κ2) is 17.6. The highest BCUT2D eigenvalue weighted by molar-refractivity contribution is 6.31. The van der Waals surface area contributed by atoms with Crippen LogP contribution in [0.25, 0.3) is 22.1 Å². The predicted molar refractivity (Wildman–Crippen MR) is 219 cm³/mol. The van der Waals surface area contributed by atoms with E-state index in [1.165, 1.54) is 0 Å². The van der Waals surface area contributed by atoms with Gasteiger partial charge < -0.3 is 39.4 Å². The quantitative estimate of drug-likeness (QED) is 0.154. The molecule has 0 aliphatic carbocycles. The minimum Gasteiger partial charge on any atom is -0.496 e. The molecule has 8 rings (SSSR count). The average Bonchev–Trinajstić information content (AvgIpc) is 3.92. The molecule has 294 valence electrons. The van der Waals surface area contributed by atoms with Crippen molar-refractivity contribution in [3.05, 3.63) is 107 Å². The van der Waals surface area contributed by atoms with Crippen LogP contribution in [0.3, 0.4) is 0 Å². The number of halogens is 1. The van der Waals surface area contributed by atoms with E-state index in [0.29, 0.717) is 77.0 Å². The lowest BCUT2D eigenvalue weighted by atomic mass is 10.1. The van der Waals surface area contributed by atoms with Crippen molar-refractivity contribution in [1.82, 2.24) is 29.7 Å². The maximum Gasteiger partial charge on any atom is 0.261 e. The van der Waals surface area contributed by atoms with Gasteiger partial charge in [-0.1, -0.05) is 35.9 Å². The molecule has 2 fully saturated rings. The molecule has 4 aromatic carbocycles. The fourth-order valence-electron chi connectivity index (χ4n) is 7.06. The first-order valence-corrected chi connectivity index (χ1v) is 18.8. The highest BCUT2D eigenvalue weighted by Crippen LogP contribution is 2.32. The Bertz CT molecular complexity index is 2360. The van der Waals surface area contributed by atoms with Crippen molar-refractivity contribution in [3.63, 3.8) is 0 Å². The van der Waals surface area contributed by atoms with E-state index >= 15 is 0 Å². The van der Waals surface area contributed by atoms with Gasteiger partial charge in [-0.05, 0) is 67.4 Å². The number of amides is 2. The summed E-state index contributed by atoms with van der Waals surface area (Å²) < 4.78 is 21.5. The fraction of sp³-hybridized carbons (Fsp3) is 0.286. The Morgan fingerprint density at radius 2 is 1.04 bits per heavy atom. The van der Waals surface area contributed by atoms with E-state index in [1.54, 1.807) is 94.3 Å². The minimum absolute atomic E-state index is 0.0821. The molecule has 15 heteroatoms. The van der Waals surface area contributed by atoms with Gasteiger partial charge in [0.2, 0.25) is 0 Å². The Morgan fingerprint density at radius 1 is 0.596 bits per heavy atom. The zero-order chi connectivity index (χ0) is 39.9. The Morgan fingerprint density at radius 3 is 1.51 bits per heavy atom. The molecule has 2 aromatic heterocycles. The number of aromatic nitrogens is 4. The van der Waals surface area contributed by atoms with Crippen molar-refractivity contribution >= 4 is 57.1 Å². The SMILES string of the molecule is COc1cccc(OC)c1C(=O)N1CC[C@@H](Nc2cnc3cc(Cl)ccc3n2)C1.COc1cccc(OC)c1C(=O)N1CC[C@@H](Nc2cnc3ccccc3n2)C1. The summed E-state index contributed by atoms with van der Waals surface area (Å²) >= 11 is 6.00. The fourth-order valence-corrected chi connectivity index (χ4v) is 7.23. The minimum atomic E-state index is -0.108. The van der Waals surface area contributed by atoms with Crippen LogP contribution in [0.4, 0.5) is 11.6 Å². The average molecular weight is 791 g/mol. The number of fused-ring (bicyclic) bond motifs is 2. The number of ether oxygens (including phenoxy) is 4. The number of benzene rings is 4. The van der Waals surface area contributed by atoms with Gasteiger partial charge in [-0.3, -0.25) is 19.6 Å². The first-order valence-electron chi connectivity index (χ1n) is 18.5. The van der Waals surface area contributed by atoms with Gasteiger partial charge in [0.15, 0.2) is 0 Å². The van der Waals surface area contributed by atoms with Crippen LogP contribution in [0.2, 0.25) is 5.02 Å². The number of hydrogen-bond acceptors (Lipinski definition) is 12. The first-order chi connectivity index (χ1) is 27.8. The maximum absolute atomic E-state index is 13.1. The van der Waals surface area contributed by atoms with Gasteiger partial charge in [0.25, 0.3) is 11.8 Å². The number of rotatable bonds is 10. The van der Waals surface area contributed by atoms with Crippen LogP contribution < -0.4 is 29.6 Å². The monoisotopic (exact) mass is 790 g/mol. The molecule has 0 radical (unpaired) electrons. The molecule has 57 heavy (non-hydrogen) atoms. The van der Waals surface area contributed by atoms with Gasteiger partial charge in [-0.15, -0.1) is 0 Å². The maximum atomic E-state index is 13.1. The first kappa shape index (κ1) is 38.8. The third-order valence-corrected chi connectivity index (χ3v) is 10.1. The molecule has 6 aromatic rings. The molecule has 2 atom stereocenters. The highest BCUT2D eigenvalue weighted by Gasteiger charge is 2.32. The summed E-state index contributed by atoms with van der Waals surface area (Å²) in [5, 5.41) is 7.40. The van der Waals surface area contributed by atoms with Crippen LogP contribution in [0.1, 0.15) is 33.6 Å². The number of carbonyl (C=O) groups excluding carboxylic acids is 2. The number of anilines is 2. The summed E-state index contributed by atoms with van der Waals surface area (Å²) in [6, 6.07) is 24.0. The Balaban J connectivity index is 0.000000174. The van der Waals surface area contributed by atoms with E-state index in [1.807, 2.05) is 35.2 Å². The largest absolute Gasteiger partial charge is 0.496 e. The van der Waals surface area contributed by atoms with Crippen LogP contribution in [-0.2, 0) is 0 Å². The Kier molecular flexibility index (Phi) is 12.0. The second-order valence-corrected chi connectivity index (χ2v) is 13.9. The zero-order valence-electron chi connectivity index (χ0n) is 32.1. The number of carbonyl (C=O) groups is 2. The molecule has 2 saturated heterocycles. The summed E-state index contributed by atoms with van der Waals surface area (Å²) in [6.07, 6.45) is 5.06. The molecule has 2 aliphatic heterocycles. The van der Waals surface area contributed by atoms with E-state index in [4.69, 9.17) is 30.5 Å². The Hall–Kier alpha value is -6.41. The number of hydrogen-bond donors (Lipinski definition) is 2.